The highest BCUT2D eigenvalue weighted by Gasteiger charge is 2.08. The van der Waals surface area contributed by atoms with Gasteiger partial charge in [0, 0.05) is 0 Å². The monoisotopic (exact) mass is 249 g/mol. The van der Waals surface area contributed by atoms with Crippen molar-refractivity contribution in [3.05, 3.63) is 59.2 Å². The summed E-state index contributed by atoms with van der Waals surface area (Å²) in [4.78, 5) is 0. The maximum Gasteiger partial charge on any atom is 0.178 e. The number of hydrogen-bond donors (Lipinski definition) is 1. The largest absolute Gasteiger partial charge is 0.484 e. The molecule has 0 unspecified atom stereocenters. The number of anilines is 1. The van der Waals surface area contributed by atoms with Crippen molar-refractivity contribution in [1.82, 2.24) is 0 Å². The van der Waals surface area contributed by atoms with Crippen molar-refractivity contribution >= 4 is 5.69 Å². The molecule has 0 saturated heterocycles. The minimum absolute atomic E-state index is 0.00108. The van der Waals surface area contributed by atoms with Crippen LogP contribution in [-0.2, 0) is 6.61 Å². The van der Waals surface area contributed by atoms with Gasteiger partial charge in [0.15, 0.2) is 11.6 Å². The van der Waals surface area contributed by atoms with Gasteiger partial charge in [-0.3, -0.25) is 0 Å². The third-order valence-electron chi connectivity index (χ3n) is 2.68. The average Bonchev–Trinajstić information content (AvgIpc) is 2.33. The summed E-state index contributed by atoms with van der Waals surface area (Å²) in [5.41, 5.74) is 7.39. The molecule has 0 aliphatic carbocycles. The van der Waals surface area contributed by atoms with Gasteiger partial charge in [0.25, 0.3) is 0 Å². The van der Waals surface area contributed by atoms with Crippen molar-refractivity contribution < 1.29 is 13.5 Å². The molecule has 2 nitrogen and oxygen atoms in total. The zero-order valence-electron chi connectivity index (χ0n) is 9.91. The normalized spacial score (nSPS) is 10.4. The fraction of sp³-hybridized carbons (Fsp3) is 0.143. The molecule has 0 spiro atoms. The first-order valence-corrected chi connectivity index (χ1v) is 5.50. The summed E-state index contributed by atoms with van der Waals surface area (Å²) < 4.78 is 31.9. The summed E-state index contributed by atoms with van der Waals surface area (Å²) in [6.45, 7) is 1.91. The second-order valence-electron chi connectivity index (χ2n) is 4.02. The van der Waals surface area contributed by atoms with Crippen LogP contribution in [0.2, 0.25) is 0 Å². The summed E-state index contributed by atoms with van der Waals surface area (Å²) in [6, 6.07) is 8.72. The molecule has 0 aromatic heterocycles. The number of aryl methyl sites for hydroxylation is 1. The van der Waals surface area contributed by atoms with Gasteiger partial charge in [0.05, 0.1) is 5.69 Å². The van der Waals surface area contributed by atoms with Gasteiger partial charge >= 0.3 is 0 Å². The van der Waals surface area contributed by atoms with Gasteiger partial charge in [-0.1, -0.05) is 12.1 Å². The van der Waals surface area contributed by atoms with Crippen LogP contribution in [-0.4, -0.2) is 0 Å². The maximum atomic E-state index is 13.5. The predicted molar refractivity (Wildman–Crippen MR) is 66.3 cm³/mol. The molecule has 18 heavy (non-hydrogen) atoms. The second kappa shape index (κ2) is 5.04. The molecule has 2 rings (SSSR count). The Morgan fingerprint density at radius 3 is 2.67 bits per heavy atom. The Bertz CT molecular complexity index is 549. The number of nitrogen functional groups attached to an aromatic ring is 1. The lowest BCUT2D eigenvalue weighted by molar-refractivity contribution is 0.291. The SMILES string of the molecule is Cc1ccc(F)cc1COc1c(N)cccc1F. The van der Waals surface area contributed by atoms with Crippen LogP contribution in [0.15, 0.2) is 36.4 Å². The molecule has 2 N–H and O–H groups in total. The predicted octanol–water partition coefficient (Wildman–Crippen LogP) is 3.43. The van der Waals surface area contributed by atoms with E-state index in [0.29, 0.717) is 5.56 Å². The molecule has 0 fully saturated rings. The van der Waals surface area contributed by atoms with E-state index in [0.717, 1.165) is 5.56 Å². The van der Waals surface area contributed by atoms with Gasteiger partial charge < -0.3 is 10.5 Å². The summed E-state index contributed by atoms with van der Waals surface area (Å²) >= 11 is 0. The highest BCUT2D eigenvalue weighted by Crippen LogP contribution is 2.26. The van der Waals surface area contributed by atoms with Crippen molar-refractivity contribution in [1.29, 1.82) is 0 Å². The number of halogens is 2. The number of rotatable bonds is 3. The van der Waals surface area contributed by atoms with E-state index >= 15 is 0 Å². The van der Waals surface area contributed by atoms with E-state index < -0.39 is 5.82 Å². The number of ether oxygens (including phenoxy) is 1. The smallest absolute Gasteiger partial charge is 0.178 e. The summed E-state index contributed by atoms with van der Waals surface area (Å²) in [5, 5.41) is 0. The first-order chi connectivity index (χ1) is 8.58. The van der Waals surface area contributed by atoms with Crippen LogP contribution in [0.25, 0.3) is 0 Å². The molecule has 4 heteroatoms. The Morgan fingerprint density at radius 2 is 1.94 bits per heavy atom. The minimum Gasteiger partial charge on any atom is -0.484 e. The lowest BCUT2D eigenvalue weighted by Crippen LogP contribution is -2.02. The second-order valence-corrected chi connectivity index (χ2v) is 4.02. The summed E-state index contributed by atoms with van der Waals surface area (Å²) in [6.07, 6.45) is 0. The summed E-state index contributed by atoms with van der Waals surface area (Å²) in [7, 11) is 0. The molecule has 0 saturated carbocycles. The van der Waals surface area contributed by atoms with Gasteiger partial charge in [-0.15, -0.1) is 0 Å². The fourth-order valence-corrected chi connectivity index (χ4v) is 1.62. The molecule has 2 aromatic carbocycles. The third kappa shape index (κ3) is 2.59. The van der Waals surface area contributed by atoms with E-state index in [2.05, 4.69) is 0 Å². The van der Waals surface area contributed by atoms with E-state index in [4.69, 9.17) is 10.5 Å². The molecule has 94 valence electrons. The minimum atomic E-state index is -0.524. The molecule has 2 aromatic rings. The van der Waals surface area contributed by atoms with Crippen molar-refractivity contribution in [3.8, 4) is 5.75 Å². The van der Waals surface area contributed by atoms with Gasteiger partial charge in [-0.25, -0.2) is 8.78 Å². The zero-order chi connectivity index (χ0) is 13.1. The van der Waals surface area contributed by atoms with Crippen molar-refractivity contribution in [2.24, 2.45) is 0 Å². The first kappa shape index (κ1) is 12.4. The Morgan fingerprint density at radius 1 is 1.17 bits per heavy atom. The zero-order valence-corrected chi connectivity index (χ0v) is 9.91. The molecule has 0 heterocycles. The molecular formula is C14H13F2NO. The van der Waals surface area contributed by atoms with E-state index in [-0.39, 0.29) is 23.9 Å². The number of benzene rings is 2. The van der Waals surface area contributed by atoms with Crippen LogP contribution in [0.4, 0.5) is 14.5 Å². The standard InChI is InChI=1S/C14H13F2NO/c1-9-5-6-11(15)7-10(9)8-18-14-12(16)3-2-4-13(14)17/h2-7H,8,17H2,1H3. The molecule has 0 bridgehead atoms. The molecule has 0 amide bonds. The van der Waals surface area contributed by atoms with Crippen LogP contribution in [0, 0.1) is 18.6 Å². The van der Waals surface area contributed by atoms with Gasteiger partial charge in [-0.05, 0) is 42.3 Å². The lowest BCUT2D eigenvalue weighted by atomic mass is 10.1. The van der Waals surface area contributed by atoms with Crippen LogP contribution in [0.3, 0.4) is 0 Å². The number of nitrogens with two attached hydrogens (primary N) is 1. The van der Waals surface area contributed by atoms with E-state index in [1.54, 1.807) is 12.1 Å². The molecule has 0 aliphatic rings. The molecule has 0 radical (unpaired) electrons. The molecular weight excluding hydrogens is 236 g/mol. The summed E-state index contributed by atoms with van der Waals surface area (Å²) in [5.74, 6) is -0.870. The van der Waals surface area contributed by atoms with Gasteiger partial charge in [-0.2, -0.15) is 0 Å². The molecule has 0 aliphatic heterocycles. The van der Waals surface area contributed by atoms with Crippen LogP contribution in [0.5, 0.6) is 5.75 Å². The maximum absolute atomic E-state index is 13.5. The Hall–Kier alpha value is -2.10. The van der Waals surface area contributed by atoms with Crippen LogP contribution in [0.1, 0.15) is 11.1 Å². The highest BCUT2D eigenvalue weighted by atomic mass is 19.1. The number of hydrogen-bond acceptors (Lipinski definition) is 2. The first-order valence-electron chi connectivity index (χ1n) is 5.50. The van der Waals surface area contributed by atoms with Gasteiger partial charge in [0.1, 0.15) is 12.4 Å². The Balaban J connectivity index is 2.19. The number of para-hydroxylation sites is 1. The third-order valence-corrected chi connectivity index (χ3v) is 2.68. The average molecular weight is 249 g/mol. The lowest BCUT2D eigenvalue weighted by Gasteiger charge is -2.11. The Kier molecular flexibility index (Phi) is 3.46. The van der Waals surface area contributed by atoms with Crippen molar-refractivity contribution in [2.45, 2.75) is 13.5 Å². The fourth-order valence-electron chi connectivity index (χ4n) is 1.62. The van der Waals surface area contributed by atoms with Crippen molar-refractivity contribution in [3.63, 3.8) is 0 Å². The van der Waals surface area contributed by atoms with Crippen LogP contribution >= 0.6 is 0 Å². The Labute approximate surface area is 104 Å². The quantitative estimate of drug-likeness (QED) is 0.846. The molecule has 0 atom stereocenters. The van der Waals surface area contributed by atoms with Crippen molar-refractivity contribution in [2.75, 3.05) is 5.73 Å². The van der Waals surface area contributed by atoms with E-state index in [9.17, 15) is 8.78 Å². The van der Waals surface area contributed by atoms with E-state index in [1.807, 2.05) is 6.92 Å². The van der Waals surface area contributed by atoms with E-state index in [1.165, 1.54) is 24.3 Å². The topological polar surface area (TPSA) is 35.2 Å². The van der Waals surface area contributed by atoms with Gasteiger partial charge in [0.2, 0.25) is 0 Å². The van der Waals surface area contributed by atoms with Crippen LogP contribution < -0.4 is 10.5 Å². The highest BCUT2D eigenvalue weighted by molar-refractivity contribution is 5.52.